The summed E-state index contributed by atoms with van der Waals surface area (Å²) in [5.41, 5.74) is 2.35. The summed E-state index contributed by atoms with van der Waals surface area (Å²) in [4.78, 5) is 30.0. The number of Topliss-reactive ketones (excluding diaryl/α,β-unsaturated/α-hetero) is 1. The number of aliphatic hydroxyl groups is 1. The first kappa shape index (κ1) is 26.3. The number of ketones is 1. The summed E-state index contributed by atoms with van der Waals surface area (Å²) in [7, 11) is 6.96. The predicted molar refractivity (Wildman–Crippen MR) is 137 cm³/mol. The molecule has 1 atom stereocenters. The second-order valence-electron chi connectivity index (χ2n) is 10.1. The Morgan fingerprint density at radius 3 is 2.17 bits per heavy atom. The van der Waals surface area contributed by atoms with Crippen LogP contribution in [0.4, 0.5) is 0 Å². The Balaban J connectivity index is 2.13. The molecule has 1 fully saturated rings. The first-order valence-corrected chi connectivity index (χ1v) is 11.8. The highest BCUT2D eigenvalue weighted by molar-refractivity contribution is 6.46. The highest BCUT2D eigenvalue weighted by atomic mass is 16.5. The van der Waals surface area contributed by atoms with Crippen LogP contribution in [0.3, 0.4) is 0 Å². The fourth-order valence-corrected chi connectivity index (χ4v) is 4.32. The van der Waals surface area contributed by atoms with Gasteiger partial charge >= 0.3 is 0 Å². The number of benzene rings is 2. The van der Waals surface area contributed by atoms with E-state index in [2.05, 4.69) is 20.8 Å². The smallest absolute Gasteiger partial charge is 0.295 e. The molecule has 1 N–H and O–H groups in total. The summed E-state index contributed by atoms with van der Waals surface area (Å²) in [5.74, 6) is -0.600. The van der Waals surface area contributed by atoms with Gasteiger partial charge in [-0.05, 0) is 61.8 Å². The van der Waals surface area contributed by atoms with Crippen LogP contribution in [0.2, 0.25) is 0 Å². The molecule has 3 rings (SSSR count). The number of rotatable bonds is 8. The number of carbonyl (C=O) groups excluding carboxylic acids is 2. The third-order valence-corrected chi connectivity index (χ3v) is 6.29. The van der Waals surface area contributed by atoms with E-state index in [0.717, 1.165) is 17.7 Å². The van der Waals surface area contributed by atoms with Crippen molar-refractivity contribution in [3.63, 3.8) is 0 Å². The number of aliphatic hydroxyl groups excluding tert-OH is 1. The van der Waals surface area contributed by atoms with Gasteiger partial charge < -0.3 is 24.4 Å². The third-order valence-electron chi connectivity index (χ3n) is 6.29. The summed E-state index contributed by atoms with van der Waals surface area (Å²) >= 11 is 0. The van der Waals surface area contributed by atoms with E-state index in [-0.39, 0.29) is 16.7 Å². The van der Waals surface area contributed by atoms with Gasteiger partial charge in [-0.25, -0.2) is 0 Å². The van der Waals surface area contributed by atoms with Gasteiger partial charge in [0.2, 0.25) is 0 Å². The van der Waals surface area contributed by atoms with Crippen LogP contribution in [0.15, 0.2) is 48.0 Å². The molecule has 0 radical (unpaired) electrons. The van der Waals surface area contributed by atoms with Crippen molar-refractivity contribution in [3.8, 4) is 11.5 Å². The van der Waals surface area contributed by atoms with Gasteiger partial charge in [-0.2, -0.15) is 0 Å². The molecule has 2 aromatic carbocycles. The van der Waals surface area contributed by atoms with E-state index in [1.165, 1.54) is 14.2 Å². The molecule has 0 bridgehead atoms. The molecular weight excluding hydrogens is 444 g/mol. The predicted octanol–water partition coefficient (Wildman–Crippen LogP) is 4.37. The molecule has 2 aromatic rings. The summed E-state index contributed by atoms with van der Waals surface area (Å²) in [6.07, 6.45) is 0.701. The molecule has 0 saturated carbocycles. The summed E-state index contributed by atoms with van der Waals surface area (Å²) < 4.78 is 10.7. The number of nitrogens with zero attached hydrogens (tertiary/aromatic N) is 2. The van der Waals surface area contributed by atoms with E-state index in [4.69, 9.17) is 9.47 Å². The van der Waals surface area contributed by atoms with E-state index in [1.54, 1.807) is 23.1 Å². The van der Waals surface area contributed by atoms with Crippen molar-refractivity contribution >= 4 is 17.4 Å². The molecule has 7 nitrogen and oxygen atoms in total. The molecular formula is C28H36N2O5. The van der Waals surface area contributed by atoms with Crippen molar-refractivity contribution in [3.05, 3.63) is 64.7 Å². The largest absolute Gasteiger partial charge is 0.507 e. The molecule has 1 aliphatic heterocycles. The van der Waals surface area contributed by atoms with Gasteiger partial charge in [0.05, 0.1) is 25.8 Å². The Labute approximate surface area is 207 Å². The average Bonchev–Trinajstić information content (AvgIpc) is 3.07. The lowest BCUT2D eigenvalue weighted by Crippen LogP contribution is -2.32. The average molecular weight is 481 g/mol. The SMILES string of the molecule is COc1ccc(/C(O)=C2\C(=O)C(=O)N(CCCN(C)C)[C@H]2c2ccc(C(C)(C)C)cc2)cc1OC. The van der Waals surface area contributed by atoms with Crippen LogP contribution in [-0.2, 0) is 15.0 Å². The first-order valence-electron chi connectivity index (χ1n) is 11.8. The lowest BCUT2D eigenvalue weighted by atomic mass is 9.85. The minimum Gasteiger partial charge on any atom is -0.507 e. The number of methoxy groups -OCH3 is 2. The zero-order chi connectivity index (χ0) is 25.9. The maximum absolute atomic E-state index is 13.2. The monoisotopic (exact) mass is 480 g/mol. The van der Waals surface area contributed by atoms with E-state index >= 15 is 0 Å². The molecule has 1 heterocycles. The third kappa shape index (κ3) is 5.51. The zero-order valence-electron chi connectivity index (χ0n) is 21.7. The number of likely N-dealkylation sites (tertiary alicyclic amines) is 1. The summed E-state index contributed by atoms with van der Waals surface area (Å²) in [6.45, 7) is 7.57. The first-order chi connectivity index (χ1) is 16.5. The van der Waals surface area contributed by atoms with Crippen molar-refractivity contribution in [2.24, 2.45) is 0 Å². The standard InChI is InChI=1S/C28H36N2O5/c1-28(2,3)20-12-9-18(10-13-20)24-23(26(32)27(33)30(24)16-8-15-29(4)5)25(31)19-11-14-21(34-6)22(17-19)35-7/h9-14,17,24,31H,8,15-16H2,1-7H3/b25-23+/t24-/m0/s1. The molecule has 0 aromatic heterocycles. The number of hydrogen-bond donors (Lipinski definition) is 1. The van der Waals surface area contributed by atoms with Gasteiger partial charge in [0.15, 0.2) is 11.5 Å². The lowest BCUT2D eigenvalue weighted by Gasteiger charge is -2.27. The Morgan fingerprint density at radius 1 is 1.00 bits per heavy atom. The van der Waals surface area contributed by atoms with Crippen LogP contribution in [0.5, 0.6) is 11.5 Å². The normalized spacial score (nSPS) is 17.8. The Kier molecular flexibility index (Phi) is 7.90. The second-order valence-corrected chi connectivity index (χ2v) is 10.1. The highest BCUT2D eigenvalue weighted by Crippen LogP contribution is 2.41. The zero-order valence-corrected chi connectivity index (χ0v) is 21.7. The fourth-order valence-electron chi connectivity index (χ4n) is 4.32. The number of amides is 1. The fraction of sp³-hybridized carbons (Fsp3) is 0.429. The van der Waals surface area contributed by atoms with Crippen molar-refractivity contribution in [1.82, 2.24) is 9.80 Å². The maximum Gasteiger partial charge on any atom is 0.295 e. The van der Waals surface area contributed by atoms with Gasteiger partial charge in [0, 0.05) is 12.1 Å². The lowest BCUT2D eigenvalue weighted by molar-refractivity contribution is -0.139. The Morgan fingerprint density at radius 2 is 1.63 bits per heavy atom. The van der Waals surface area contributed by atoms with Gasteiger partial charge in [-0.3, -0.25) is 9.59 Å². The molecule has 188 valence electrons. The van der Waals surface area contributed by atoms with Crippen molar-refractivity contribution in [2.45, 2.75) is 38.6 Å². The van der Waals surface area contributed by atoms with Crippen molar-refractivity contribution < 1.29 is 24.2 Å². The molecule has 0 spiro atoms. The van der Waals surface area contributed by atoms with Crippen molar-refractivity contribution in [2.75, 3.05) is 41.4 Å². The van der Waals surface area contributed by atoms with E-state index in [9.17, 15) is 14.7 Å². The van der Waals surface area contributed by atoms with Crippen LogP contribution in [-0.4, -0.2) is 68.0 Å². The van der Waals surface area contributed by atoms with Gasteiger partial charge in [0.1, 0.15) is 5.76 Å². The molecule has 1 saturated heterocycles. The highest BCUT2D eigenvalue weighted by Gasteiger charge is 2.45. The molecule has 1 aliphatic rings. The number of carbonyl (C=O) groups is 2. The topological polar surface area (TPSA) is 79.3 Å². The molecule has 1 amide bonds. The van der Waals surface area contributed by atoms with E-state index < -0.39 is 17.7 Å². The molecule has 0 unspecified atom stereocenters. The number of hydrogen-bond acceptors (Lipinski definition) is 6. The molecule has 0 aliphatic carbocycles. The van der Waals surface area contributed by atoms with Crippen LogP contribution in [0, 0.1) is 0 Å². The molecule has 35 heavy (non-hydrogen) atoms. The number of ether oxygens (including phenoxy) is 2. The van der Waals surface area contributed by atoms with Crippen LogP contribution in [0.25, 0.3) is 5.76 Å². The Hall–Kier alpha value is -3.32. The minimum absolute atomic E-state index is 0.0360. The van der Waals surface area contributed by atoms with Crippen LogP contribution < -0.4 is 9.47 Å². The van der Waals surface area contributed by atoms with Gasteiger partial charge in [-0.15, -0.1) is 0 Å². The molecule has 7 heteroatoms. The summed E-state index contributed by atoms with van der Waals surface area (Å²) in [6, 6.07) is 12.2. The Bertz CT molecular complexity index is 1110. The minimum atomic E-state index is -0.688. The van der Waals surface area contributed by atoms with Gasteiger partial charge in [0.25, 0.3) is 11.7 Å². The quantitative estimate of drug-likeness (QED) is 0.343. The summed E-state index contributed by atoms with van der Waals surface area (Å²) in [5, 5.41) is 11.3. The second kappa shape index (κ2) is 10.5. The van der Waals surface area contributed by atoms with Crippen molar-refractivity contribution in [1.29, 1.82) is 0 Å². The van der Waals surface area contributed by atoms with E-state index in [0.29, 0.717) is 30.0 Å². The van der Waals surface area contributed by atoms with Crippen LogP contribution in [0.1, 0.15) is 49.9 Å². The van der Waals surface area contributed by atoms with Crippen LogP contribution >= 0.6 is 0 Å². The maximum atomic E-state index is 13.2. The van der Waals surface area contributed by atoms with E-state index in [1.807, 2.05) is 43.3 Å². The van der Waals surface area contributed by atoms with Gasteiger partial charge in [-0.1, -0.05) is 45.0 Å².